The fourth-order valence-corrected chi connectivity index (χ4v) is 11.9. The maximum absolute atomic E-state index is 4.83. The lowest BCUT2D eigenvalue weighted by molar-refractivity contribution is 0.357. The first-order valence-electron chi connectivity index (χ1n) is 20.4. The standard InChI is InChI=1S/C53H64/c1-20-21-38-46-37(16)47(42(24(2)3)50(46)36(15)43-34(13)35(14)52(51(38)43)53(17,18)19)41-23-40(28(7)29(41)8)45-31(10)33(12)48-44(30(9)32(11)49(45)48)39-22-25(4)26(5)27(39)6/h24,30-31,42,52H,11-12,22-23H2,1-10,13-19H3. The van der Waals surface area contributed by atoms with Crippen LogP contribution in [0.4, 0.5) is 0 Å². The molecule has 0 fully saturated rings. The number of hydrogen-bond donors (Lipinski definition) is 0. The molecule has 0 spiro atoms. The van der Waals surface area contributed by atoms with Crippen LogP contribution in [0.2, 0.25) is 0 Å². The molecule has 0 aromatic heterocycles. The summed E-state index contributed by atoms with van der Waals surface area (Å²) < 4.78 is 0. The maximum Gasteiger partial charge on any atom is 0.0367 e. The van der Waals surface area contributed by atoms with Gasteiger partial charge in [0.05, 0.1) is 0 Å². The SMILES string of the molecule is C=C1C2=C(C3=C(C)C(C)=C(C4=C(C)c5c(C#CC)c6c(c(C)c5C4C(C)C)C(C)=C(C)C6C(C)(C)C)C3)C(C)C(=C)C2=C(C2=C(C)C(C)=C(C)C2)C1C. The normalized spacial score (nSPS) is 25.9. The first-order valence-corrected chi connectivity index (χ1v) is 20.4. The van der Waals surface area contributed by atoms with Crippen LogP contribution in [-0.2, 0) is 0 Å². The van der Waals surface area contributed by atoms with Crippen LogP contribution in [0.3, 0.4) is 0 Å². The molecule has 1 aromatic carbocycles. The van der Waals surface area contributed by atoms with Gasteiger partial charge >= 0.3 is 0 Å². The Hall–Kier alpha value is -3.82. The molecule has 0 bridgehead atoms. The highest BCUT2D eigenvalue weighted by atomic mass is 14.5. The third kappa shape index (κ3) is 4.87. The molecule has 276 valence electrons. The summed E-state index contributed by atoms with van der Waals surface area (Å²) in [7, 11) is 0. The van der Waals surface area contributed by atoms with Crippen molar-refractivity contribution in [3.63, 3.8) is 0 Å². The van der Waals surface area contributed by atoms with E-state index in [0.29, 0.717) is 23.7 Å². The third-order valence-corrected chi connectivity index (χ3v) is 14.9. The zero-order valence-corrected chi connectivity index (χ0v) is 36.2. The zero-order valence-electron chi connectivity index (χ0n) is 36.2. The third-order valence-electron chi connectivity index (χ3n) is 14.9. The molecule has 0 saturated carbocycles. The predicted octanol–water partition coefficient (Wildman–Crippen LogP) is 14.9. The highest BCUT2D eigenvalue weighted by molar-refractivity contribution is 5.93. The summed E-state index contributed by atoms with van der Waals surface area (Å²) >= 11 is 0. The quantitative estimate of drug-likeness (QED) is 0.274. The van der Waals surface area contributed by atoms with E-state index in [9.17, 15) is 0 Å². The van der Waals surface area contributed by atoms with Gasteiger partial charge in [0.1, 0.15) is 0 Å². The van der Waals surface area contributed by atoms with Gasteiger partial charge in [0.15, 0.2) is 0 Å². The van der Waals surface area contributed by atoms with Gasteiger partial charge < -0.3 is 0 Å². The van der Waals surface area contributed by atoms with E-state index in [1.54, 1.807) is 11.1 Å². The van der Waals surface area contributed by atoms with Gasteiger partial charge in [0.25, 0.3) is 0 Å². The van der Waals surface area contributed by atoms with Crippen LogP contribution < -0.4 is 0 Å². The van der Waals surface area contributed by atoms with E-state index in [2.05, 4.69) is 123 Å². The highest BCUT2D eigenvalue weighted by Gasteiger charge is 2.47. The molecule has 7 rings (SSSR count). The maximum atomic E-state index is 4.83. The minimum Gasteiger partial charge on any atom is -0.101 e. The number of rotatable bonds is 4. The van der Waals surface area contributed by atoms with Crippen molar-refractivity contribution >= 4 is 11.1 Å². The molecule has 53 heavy (non-hydrogen) atoms. The molecular formula is C53H64. The molecule has 6 aliphatic rings. The summed E-state index contributed by atoms with van der Waals surface area (Å²) in [6.07, 6.45) is 2.02. The molecule has 1 aromatic rings. The van der Waals surface area contributed by atoms with Gasteiger partial charge in [-0.15, -0.1) is 5.92 Å². The lowest BCUT2D eigenvalue weighted by atomic mass is 9.71. The summed E-state index contributed by atoms with van der Waals surface area (Å²) in [5.41, 5.74) is 35.1. The monoisotopic (exact) mass is 701 g/mol. The van der Waals surface area contributed by atoms with E-state index in [4.69, 9.17) is 13.2 Å². The second-order valence-corrected chi connectivity index (χ2v) is 19.0. The van der Waals surface area contributed by atoms with Gasteiger partial charge in [0.2, 0.25) is 0 Å². The Kier molecular flexibility index (Phi) is 8.74. The molecule has 0 N–H and O–H groups in total. The van der Waals surface area contributed by atoms with Crippen molar-refractivity contribution in [1.82, 2.24) is 0 Å². The molecule has 0 heteroatoms. The van der Waals surface area contributed by atoms with Crippen LogP contribution in [0.15, 0.2) is 102 Å². The van der Waals surface area contributed by atoms with E-state index in [1.807, 2.05) is 6.92 Å². The van der Waals surface area contributed by atoms with Crippen LogP contribution in [-0.4, -0.2) is 0 Å². The molecule has 4 unspecified atom stereocenters. The van der Waals surface area contributed by atoms with E-state index in [-0.39, 0.29) is 11.3 Å². The second kappa shape index (κ2) is 12.4. The minimum absolute atomic E-state index is 0.103. The van der Waals surface area contributed by atoms with E-state index < -0.39 is 0 Å². The van der Waals surface area contributed by atoms with E-state index >= 15 is 0 Å². The van der Waals surface area contributed by atoms with E-state index in [1.165, 1.54) is 123 Å². The fraction of sp³-hybridized carbons (Fsp3) is 0.472. The number of hydrogen-bond acceptors (Lipinski definition) is 0. The Labute approximate surface area is 323 Å². The average Bonchev–Trinajstić information content (AvgIpc) is 3.84. The highest BCUT2D eigenvalue weighted by Crippen LogP contribution is 2.63. The second-order valence-electron chi connectivity index (χ2n) is 19.0. The predicted molar refractivity (Wildman–Crippen MR) is 231 cm³/mol. The Morgan fingerprint density at radius 3 is 1.57 bits per heavy atom. The Balaban J connectivity index is 1.41. The van der Waals surface area contributed by atoms with Crippen LogP contribution in [0.25, 0.3) is 11.1 Å². The molecular weight excluding hydrogens is 637 g/mol. The summed E-state index contributed by atoms with van der Waals surface area (Å²) in [4.78, 5) is 0. The molecule has 0 saturated heterocycles. The van der Waals surface area contributed by atoms with Gasteiger partial charge in [-0.3, -0.25) is 0 Å². The van der Waals surface area contributed by atoms with Crippen molar-refractivity contribution in [1.29, 1.82) is 0 Å². The molecule has 0 amide bonds. The summed E-state index contributed by atoms with van der Waals surface area (Å²) in [6, 6.07) is 0. The Morgan fingerprint density at radius 1 is 0.623 bits per heavy atom. The number of allylic oxidation sites excluding steroid dienone is 18. The number of benzene rings is 1. The van der Waals surface area contributed by atoms with Crippen LogP contribution in [0, 0.1) is 41.9 Å². The molecule has 0 aliphatic heterocycles. The van der Waals surface area contributed by atoms with Gasteiger partial charge in [-0.25, -0.2) is 0 Å². The summed E-state index contributed by atoms with van der Waals surface area (Å²) in [5, 5.41) is 0. The van der Waals surface area contributed by atoms with Gasteiger partial charge in [-0.2, -0.15) is 0 Å². The van der Waals surface area contributed by atoms with Crippen LogP contribution in [0.1, 0.15) is 169 Å². The fourth-order valence-electron chi connectivity index (χ4n) is 11.9. The Morgan fingerprint density at radius 2 is 1.11 bits per heavy atom. The van der Waals surface area contributed by atoms with Crippen LogP contribution >= 0.6 is 0 Å². The molecule has 0 nitrogen and oxygen atoms in total. The largest absolute Gasteiger partial charge is 0.101 e. The van der Waals surface area contributed by atoms with E-state index in [0.717, 1.165) is 12.8 Å². The van der Waals surface area contributed by atoms with Crippen LogP contribution in [0.5, 0.6) is 0 Å². The van der Waals surface area contributed by atoms with Crippen molar-refractivity contribution < 1.29 is 0 Å². The summed E-state index contributed by atoms with van der Waals surface area (Å²) in [6.45, 7) is 49.9. The first kappa shape index (κ1) is 37.5. The van der Waals surface area contributed by atoms with Gasteiger partial charge in [-0.05, 0) is 210 Å². The zero-order chi connectivity index (χ0) is 39.1. The average molecular weight is 701 g/mol. The molecule has 6 aliphatic carbocycles. The molecule has 0 heterocycles. The van der Waals surface area contributed by atoms with Crippen molar-refractivity contribution in [2.45, 2.75) is 142 Å². The lowest BCUT2D eigenvalue weighted by Gasteiger charge is -2.32. The number of fused-ring (bicyclic) bond motifs is 3. The van der Waals surface area contributed by atoms with Gasteiger partial charge in [0, 0.05) is 29.2 Å². The van der Waals surface area contributed by atoms with Crippen molar-refractivity contribution in [3.05, 3.63) is 136 Å². The smallest absolute Gasteiger partial charge is 0.0367 e. The Bertz CT molecular complexity index is 2320. The van der Waals surface area contributed by atoms with Crippen molar-refractivity contribution in [3.8, 4) is 11.8 Å². The lowest BCUT2D eigenvalue weighted by Crippen LogP contribution is -2.20. The minimum atomic E-state index is 0.103. The topological polar surface area (TPSA) is 0 Å². The molecule has 4 atom stereocenters. The van der Waals surface area contributed by atoms with Crippen molar-refractivity contribution in [2.75, 3.05) is 0 Å². The molecule has 0 radical (unpaired) electrons. The van der Waals surface area contributed by atoms with Gasteiger partial charge in [-0.1, -0.05) is 78.7 Å². The first-order chi connectivity index (χ1) is 24.7. The van der Waals surface area contributed by atoms with Crippen molar-refractivity contribution in [2.24, 2.45) is 23.2 Å². The summed E-state index contributed by atoms with van der Waals surface area (Å²) in [5.74, 6) is 8.89.